The van der Waals surface area contributed by atoms with Crippen LogP contribution in [0.1, 0.15) is 21.5 Å². The lowest BCUT2D eigenvalue weighted by molar-refractivity contribution is 0.0827. The molecule has 42 heavy (non-hydrogen) atoms. The van der Waals surface area contributed by atoms with Gasteiger partial charge in [-0.2, -0.15) is 0 Å². The number of nitrogens with one attached hydrogen (secondary N) is 1. The highest BCUT2D eigenvalue weighted by atomic mass is 32.1. The molecule has 10 nitrogen and oxygen atoms in total. The van der Waals surface area contributed by atoms with Crippen LogP contribution in [0.4, 0.5) is 14.9 Å². The Morgan fingerprint density at radius 1 is 1.14 bits per heavy atom. The van der Waals surface area contributed by atoms with Crippen LogP contribution in [0.25, 0.3) is 31.8 Å². The van der Waals surface area contributed by atoms with Crippen LogP contribution >= 0.6 is 11.3 Å². The fourth-order valence-electron chi connectivity index (χ4n) is 4.82. The summed E-state index contributed by atoms with van der Waals surface area (Å²) in [6.07, 6.45) is 0.665. The molecule has 5 aromatic rings. The molecule has 214 valence electrons. The number of fused-ring (bicyclic) bond motifs is 4. The van der Waals surface area contributed by atoms with Gasteiger partial charge in [0.25, 0.3) is 5.91 Å². The van der Waals surface area contributed by atoms with Crippen LogP contribution in [0.5, 0.6) is 11.6 Å². The Hall–Kier alpha value is -4.84. The van der Waals surface area contributed by atoms with Crippen LogP contribution in [0, 0.1) is 12.7 Å². The van der Waals surface area contributed by atoms with Gasteiger partial charge in [0.15, 0.2) is 11.6 Å². The molecular formula is C30H26FN5O5S. The molecule has 1 aliphatic heterocycles. The Kier molecular flexibility index (Phi) is 7.07. The van der Waals surface area contributed by atoms with Crippen molar-refractivity contribution in [3.05, 3.63) is 71.2 Å². The van der Waals surface area contributed by atoms with Gasteiger partial charge in [0.1, 0.15) is 17.7 Å². The highest BCUT2D eigenvalue weighted by molar-refractivity contribution is 7.22. The predicted octanol–water partition coefficient (Wildman–Crippen LogP) is 5.62. The average molecular weight is 588 g/mol. The van der Waals surface area contributed by atoms with Gasteiger partial charge in [-0.15, -0.1) is 11.3 Å². The summed E-state index contributed by atoms with van der Waals surface area (Å²) < 4.78 is 32.3. The number of carbonyl (C=O) groups excluding carboxylic acids is 2. The molecule has 0 bridgehead atoms. The van der Waals surface area contributed by atoms with Gasteiger partial charge in [0.05, 0.1) is 34.6 Å². The SMILES string of the molecule is COc1cnc2c(-c3nc4cc(F)c5c(c4s3)C[C@H](COC(=O)Nc3ccc(C(=O)N(C)C)cc3)O5)cc(C)cc2n1. The van der Waals surface area contributed by atoms with Gasteiger partial charge in [0, 0.05) is 49.0 Å². The second-order valence-corrected chi connectivity index (χ2v) is 11.1. The Morgan fingerprint density at radius 2 is 1.93 bits per heavy atom. The Balaban J connectivity index is 1.18. The summed E-state index contributed by atoms with van der Waals surface area (Å²) in [6.45, 7) is 1.88. The summed E-state index contributed by atoms with van der Waals surface area (Å²) in [5.41, 5.74) is 5.30. The van der Waals surface area contributed by atoms with Crippen LogP contribution in [-0.2, 0) is 11.2 Å². The maximum Gasteiger partial charge on any atom is 0.411 e. The number of rotatable bonds is 6. The number of carbonyl (C=O) groups is 2. The van der Waals surface area contributed by atoms with Crippen molar-refractivity contribution in [2.24, 2.45) is 0 Å². The first-order valence-electron chi connectivity index (χ1n) is 13.1. The summed E-state index contributed by atoms with van der Waals surface area (Å²) in [6, 6.07) is 11.7. The van der Waals surface area contributed by atoms with Crippen LogP contribution in [-0.4, -0.2) is 65.8 Å². The van der Waals surface area contributed by atoms with Crippen molar-refractivity contribution in [2.75, 3.05) is 33.1 Å². The Morgan fingerprint density at radius 3 is 2.67 bits per heavy atom. The summed E-state index contributed by atoms with van der Waals surface area (Å²) in [5.74, 6) is -0.103. The molecule has 2 amide bonds. The molecule has 0 spiro atoms. The summed E-state index contributed by atoms with van der Waals surface area (Å²) in [4.78, 5) is 39.7. The van der Waals surface area contributed by atoms with E-state index in [1.165, 1.54) is 29.4 Å². The third-order valence-electron chi connectivity index (χ3n) is 6.79. The molecule has 3 heterocycles. The zero-order valence-corrected chi connectivity index (χ0v) is 24.0. The first-order valence-corrected chi connectivity index (χ1v) is 13.9. The molecule has 2 aromatic heterocycles. The number of hydrogen-bond acceptors (Lipinski definition) is 9. The number of aryl methyl sites for hydroxylation is 1. The maximum atomic E-state index is 15.1. The second-order valence-electron chi connectivity index (χ2n) is 10.1. The van der Waals surface area contributed by atoms with E-state index in [1.54, 1.807) is 44.6 Å². The van der Waals surface area contributed by atoms with Crippen LogP contribution in [0.3, 0.4) is 0 Å². The Labute approximate surface area is 244 Å². The first-order chi connectivity index (χ1) is 20.2. The number of methoxy groups -OCH3 is 1. The molecule has 12 heteroatoms. The number of amides is 2. The van der Waals surface area contributed by atoms with Crippen molar-refractivity contribution in [1.29, 1.82) is 0 Å². The molecule has 3 aromatic carbocycles. The van der Waals surface area contributed by atoms with Crippen molar-refractivity contribution in [3.8, 4) is 22.2 Å². The van der Waals surface area contributed by atoms with E-state index >= 15 is 4.39 Å². The van der Waals surface area contributed by atoms with E-state index in [0.29, 0.717) is 50.7 Å². The molecule has 0 aliphatic carbocycles. The number of aromatic nitrogens is 3. The van der Waals surface area contributed by atoms with E-state index in [2.05, 4.69) is 15.3 Å². The molecule has 1 N–H and O–H groups in total. The van der Waals surface area contributed by atoms with Gasteiger partial charge in [0.2, 0.25) is 5.88 Å². The highest BCUT2D eigenvalue weighted by Gasteiger charge is 2.31. The second kappa shape index (κ2) is 10.9. The van der Waals surface area contributed by atoms with Gasteiger partial charge in [-0.05, 0) is 48.9 Å². The minimum Gasteiger partial charge on any atom is -0.483 e. The molecule has 0 unspecified atom stereocenters. The van der Waals surface area contributed by atoms with Crippen molar-refractivity contribution in [1.82, 2.24) is 19.9 Å². The highest BCUT2D eigenvalue weighted by Crippen LogP contribution is 2.43. The van der Waals surface area contributed by atoms with Gasteiger partial charge in [-0.25, -0.2) is 24.1 Å². The third kappa shape index (κ3) is 5.16. The van der Waals surface area contributed by atoms with Crippen molar-refractivity contribution in [2.45, 2.75) is 19.4 Å². The largest absolute Gasteiger partial charge is 0.483 e. The number of ether oxygens (including phenoxy) is 3. The third-order valence-corrected chi connectivity index (χ3v) is 7.96. The van der Waals surface area contributed by atoms with E-state index in [9.17, 15) is 9.59 Å². The number of nitrogens with zero attached hydrogens (tertiary/aromatic N) is 4. The number of anilines is 1. The monoisotopic (exact) mass is 587 g/mol. The van der Waals surface area contributed by atoms with Crippen molar-refractivity contribution < 1.29 is 28.2 Å². The molecule has 1 atom stereocenters. The summed E-state index contributed by atoms with van der Waals surface area (Å²) in [5, 5.41) is 3.31. The standard InChI is InChI=1S/C30H26FN5O5S/c1-15-9-19(25-22(10-15)34-24(39-4)13-32-25)28-35-23-12-21(31)26-20(27(23)42-28)11-18(41-26)14-40-30(38)33-17-7-5-16(6-8-17)29(37)36(2)3/h5-10,12-13,18H,11,14H2,1-4H3,(H,33,38)/t18-/m1/s1. The zero-order valence-electron chi connectivity index (χ0n) is 23.2. The quantitative estimate of drug-likeness (QED) is 0.272. The Bertz CT molecular complexity index is 1860. The number of halogens is 1. The number of thiazole rings is 1. The lowest BCUT2D eigenvalue weighted by Crippen LogP contribution is -2.25. The van der Waals surface area contributed by atoms with E-state index < -0.39 is 18.0 Å². The predicted molar refractivity (Wildman–Crippen MR) is 157 cm³/mol. The van der Waals surface area contributed by atoms with Gasteiger partial charge in [-0.3, -0.25) is 10.1 Å². The van der Waals surface area contributed by atoms with Crippen molar-refractivity contribution in [3.63, 3.8) is 0 Å². The molecule has 0 saturated carbocycles. The first kappa shape index (κ1) is 27.3. The minimum absolute atomic E-state index is 0.0791. The lowest BCUT2D eigenvalue weighted by atomic mass is 10.1. The fourth-order valence-corrected chi connectivity index (χ4v) is 5.93. The molecule has 0 radical (unpaired) electrons. The van der Waals surface area contributed by atoms with E-state index in [1.807, 2.05) is 19.1 Å². The number of hydrogen-bond donors (Lipinski definition) is 1. The molecule has 1 aliphatic rings. The normalized spacial score (nSPS) is 14.0. The van der Waals surface area contributed by atoms with E-state index in [-0.39, 0.29) is 18.3 Å². The van der Waals surface area contributed by atoms with E-state index in [4.69, 9.17) is 19.2 Å². The summed E-state index contributed by atoms with van der Waals surface area (Å²) in [7, 11) is 4.87. The molecular weight excluding hydrogens is 561 g/mol. The summed E-state index contributed by atoms with van der Waals surface area (Å²) >= 11 is 1.43. The fraction of sp³-hybridized carbons (Fsp3) is 0.233. The van der Waals surface area contributed by atoms with Gasteiger partial charge < -0.3 is 19.1 Å². The minimum atomic E-state index is -0.684. The lowest BCUT2D eigenvalue weighted by Gasteiger charge is -2.13. The molecule has 0 fully saturated rings. The van der Waals surface area contributed by atoms with Crippen molar-refractivity contribution >= 4 is 50.3 Å². The molecule has 0 saturated heterocycles. The smallest absolute Gasteiger partial charge is 0.411 e. The zero-order chi connectivity index (χ0) is 29.5. The topological polar surface area (TPSA) is 116 Å². The average Bonchev–Trinajstić information content (AvgIpc) is 3.60. The van der Waals surface area contributed by atoms with Crippen LogP contribution < -0.4 is 14.8 Å². The van der Waals surface area contributed by atoms with Crippen LogP contribution in [0.2, 0.25) is 0 Å². The number of benzene rings is 3. The van der Waals surface area contributed by atoms with E-state index in [0.717, 1.165) is 15.8 Å². The van der Waals surface area contributed by atoms with Gasteiger partial charge >= 0.3 is 6.09 Å². The maximum absolute atomic E-state index is 15.1. The van der Waals surface area contributed by atoms with Gasteiger partial charge in [-0.1, -0.05) is 0 Å². The van der Waals surface area contributed by atoms with Crippen LogP contribution in [0.15, 0.2) is 48.7 Å². The molecule has 6 rings (SSSR count).